The fraction of sp³-hybridized carbons (Fsp3) is 0.400. The van der Waals surface area contributed by atoms with Crippen LogP contribution in [0.1, 0.15) is 24.0 Å². The molecule has 0 spiro atoms. The molecule has 128 valence electrons. The highest BCUT2D eigenvalue weighted by molar-refractivity contribution is 6.42. The Morgan fingerprint density at radius 3 is 2.38 bits per heavy atom. The van der Waals surface area contributed by atoms with Gasteiger partial charge in [0.1, 0.15) is 6.54 Å². The third-order valence-corrected chi connectivity index (χ3v) is 5.76. The number of halogens is 2. The van der Waals surface area contributed by atoms with Crippen LogP contribution in [0.5, 0.6) is 0 Å². The molecule has 1 aliphatic rings. The van der Waals surface area contributed by atoms with Crippen LogP contribution in [0.4, 0.5) is 0 Å². The molecule has 0 radical (unpaired) electrons. The van der Waals surface area contributed by atoms with Gasteiger partial charge in [-0.05, 0) is 17.7 Å². The first-order valence-corrected chi connectivity index (χ1v) is 9.61. The minimum atomic E-state index is 0.635. The number of nitrogens with one attached hydrogen (secondary N) is 1. The largest absolute Gasteiger partial charge is 0.340 e. The molecule has 4 heteroatoms. The van der Waals surface area contributed by atoms with E-state index in [4.69, 9.17) is 23.2 Å². The Morgan fingerprint density at radius 2 is 1.67 bits per heavy atom. The molecule has 0 unspecified atom stereocenters. The van der Waals surface area contributed by atoms with Gasteiger partial charge in [-0.15, -0.1) is 0 Å². The maximum absolute atomic E-state index is 6.09. The molecule has 0 aromatic heterocycles. The first kappa shape index (κ1) is 17.8. The predicted octanol–water partition coefficient (Wildman–Crippen LogP) is 2.35. The van der Waals surface area contributed by atoms with Gasteiger partial charge in [0, 0.05) is 24.8 Å². The van der Waals surface area contributed by atoms with E-state index < -0.39 is 0 Å². The van der Waals surface area contributed by atoms with E-state index in [-0.39, 0.29) is 0 Å². The van der Waals surface area contributed by atoms with Gasteiger partial charge in [-0.1, -0.05) is 59.6 Å². The second kappa shape index (κ2) is 8.87. The van der Waals surface area contributed by atoms with E-state index in [0.717, 1.165) is 12.6 Å². The smallest absolute Gasteiger partial charge is 0.101 e. The summed E-state index contributed by atoms with van der Waals surface area (Å²) < 4.78 is 0. The third-order valence-electron chi connectivity index (χ3n) is 5.02. The fourth-order valence-electron chi connectivity index (χ4n) is 3.47. The molecule has 0 aliphatic carbocycles. The summed E-state index contributed by atoms with van der Waals surface area (Å²) in [4.78, 5) is 1.75. The van der Waals surface area contributed by atoms with E-state index >= 15 is 0 Å². The van der Waals surface area contributed by atoms with E-state index in [0.29, 0.717) is 10.0 Å². The average Bonchev–Trinajstić information content (AvgIpc) is 2.63. The maximum atomic E-state index is 6.09. The normalized spacial score (nSPS) is 20.9. The molecule has 0 atom stereocenters. The van der Waals surface area contributed by atoms with Crippen LogP contribution in [0, 0.1) is 0 Å². The number of quaternary nitrogens is 2. The van der Waals surface area contributed by atoms with Crippen LogP contribution < -0.4 is 10.2 Å². The van der Waals surface area contributed by atoms with Crippen LogP contribution >= 0.6 is 23.2 Å². The SMILES string of the molecule is Clc1ccc(C[NH2+]C2CC[NH+](CCc3ccccc3)CC2)cc1Cl. The summed E-state index contributed by atoms with van der Waals surface area (Å²) in [6.45, 7) is 4.81. The summed E-state index contributed by atoms with van der Waals surface area (Å²) in [7, 11) is 0. The number of nitrogens with two attached hydrogens (primary N) is 1. The number of benzene rings is 2. The molecule has 3 N–H and O–H groups in total. The van der Waals surface area contributed by atoms with Crippen LogP contribution in [0.25, 0.3) is 0 Å². The van der Waals surface area contributed by atoms with Gasteiger partial charge >= 0.3 is 0 Å². The van der Waals surface area contributed by atoms with Crippen molar-refractivity contribution >= 4 is 23.2 Å². The number of hydrogen-bond donors (Lipinski definition) is 2. The van der Waals surface area contributed by atoms with Crippen molar-refractivity contribution in [1.82, 2.24) is 0 Å². The zero-order chi connectivity index (χ0) is 16.8. The topological polar surface area (TPSA) is 21.1 Å². The predicted molar refractivity (Wildman–Crippen MR) is 101 cm³/mol. The van der Waals surface area contributed by atoms with Crippen LogP contribution in [-0.2, 0) is 13.0 Å². The van der Waals surface area contributed by atoms with E-state index in [2.05, 4.69) is 41.7 Å². The lowest BCUT2D eigenvalue weighted by molar-refractivity contribution is -0.913. The molecule has 1 saturated heterocycles. The lowest BCUT2D eigenvalue weighted by Gasteiger charge is -2.28. The average molecular weight is 365 g/mol. The quantitative estimate of drug-likeness (QED) is 0.784. The van der Waals surface area contributed by atoms with Gasteiger partial charge in [0.15, 0.2) is 0 Å². The van der Waals surface area contributed by atoms with Gasteiger partial charge in [0.2, 0.25) is 0 Å². The fourth-order valence-corrected chi connectivity index (χ4v) is 3.79. The van der Waals surface area contributed by atoms with Gasteiger partial charge < -0.3 is 10.2 Å². The maximum Gasteiger partial charge on any atom is 0.101 e. The van der Waals surface area contributed by atoms with Crippen LogP contribution in [0.3, 0.4) is 0 Å². The molecule has 3 rings (SSSR count). The highest BCUT2D eigenvalue weighted by atomic mass is 35.5. The number of hydrogen-bond acceptors (Lipinski definition) is 0. The van der Waals surface area contributed by atoms with Crippen LogP contribution in [0.15, 0.2) is 48.5 Å². The summed E-state index contributed by atoms with van der Waals surface area (Å²) in [6, 6.07) is 17.5. The summed E-state index contributed by atoms with van der Waals surface area (Å²) in [5, 5.41) is 3.76. The molecule has 24 heavy (non-hydrogen) atoms. The Labute approximate surface area is 154 Å². The van der Waals surface area contributed by atoms with Gasteiger partial charge in [-0.25, -0.2) is 0 Å². The van der Waals surface area contributed by atoms with Crippen molar-refractivity contribution in [2.45, 2.75) is 31.8 Å². The molecule has 1 heterocycles. The van der Waals surface area contributed by atoms with Gasteiger partial charge in [-0.2, -0.15) is 0 Å². The van der Waals surface area contributed by atoms with Crippen molar-refractivity contribution in [3.05, 3.63) is 69.7 Å². The highest BCUT2D eigenvalue weighted by Crippen LogP contribution is 2.22. The van der Waals surface area contributed by atoms with Crippen LogP contribution in [-0.4, -0.2) is 25.7 Å². The summed E-state index contributed by atoms with van der Waals surface area (Å²) in [6.07, 6.45) is 3.78. The lowest BCUT2D eigenvalue weighted by atomic mass is 10.0. The van der Waals surface area contributed by atoms with Gasteiger partial charge in [0.25, 0.3) is 0 Å². The molecule has 1 fully saturated rings. The third kappa shape index (κ3) is 5.22. The standard InChI is InChI=1S/C20H24Cl2N2/c21-19-7-6-17(14-20(19)22)15-23-18-9-12-24(13-10-18)11-8-16-4-2-1-3-5-16/h1-7,14,18,23H,8-13,15H2/p+2. The number of likely N-dealkylation sites (tertiary alicyclic amines) is 1. The van der Waals surface area contributed by atoms with Crippen molar-refractivity contribution in [3.63, 3.8) is 0 Å². The minimum absolute atomic E-state index is 0.635. The highest BCUT2D eigenvalue weighted by Gasteiger charge is 2.24. The Bertz CT molecular complexity index is 637. The Morgan fingerprint density at radius 1 is 0.917 bits per heavy atom. The van der Waals surface area contributed by atoms with Crippen molar-refractivity contribution in [2.75, 3.05) is 19.6 Å². The Kier molecular flexibility index (Phi) is 6.56. The molecule has 2 aromatic carbocycles. The molecule has 0 bridgehead atoms. The van der Waals surface area contributed by atoms with Crippen molar-refractivity contribution in [3.8, 4) is 0 Å². The Balaban J connectivity index is 1.38. The van der Waals surface area contributed by atoms with Crippen LogP contribution in [0.2, 0.25) is 10.0 Å². The molecular formula is C20H26Cl2N2+2. The van der Waals surface area contributed by atoms with Crippen molar-refractivity contribution in [2.24, 2.45) is 0 Å². The van der Waals surface area contributed by atoms with E-state index in [1.165, 1.54) is 50.0 Å². The minimum Gasteiger partial charge on any atom is -0.340 e. The molecule has 0 saturated carbocycles. The van der Waals surface area contributed by atoms with Crippen molar-refractivity contribution in [1.29, 1.82) is 0 Å². The molecular weight excluding hydrogens is 339 g/mol. The first-order valence-electron chi connectivity index (χ1n) is 8.85. The van der Waals surface area contributed by atoms with Crippen molar-refractivity contribution < 1.29 is 10.2 Å². The Hall–Kier alpha value is -1.06. The summed E-state index contributed by atoms with van der Waals surface area (Å²) >= 11 is 12.1. The van der Waals surface area contributed by atoms with Gasteiger partial charge in [-0.3, -0.25) is 0 Å². The monoisotopic (exact) mass is 364 g/mol. The molecule has 0 amide bonds. The summed E-state index contributed by atoms with van der Waals surface area (Å²) in [5.74, 6) is 0. The molecule has 2 nitrogen and oxygen atoms in total. The zero-order valence-corrected chi connectivity index (χ0v) is 15.5. The molecule has 2 aromatic rings. The second-order valence-electron chi connectivity index (χ2n) is 6.76. The molecule has 1 aliphatic heterocycles. The summed E-state index contributed by atoms with van der Waals surface area (Å²) in [5.41, 5.74) is 2.71. The van der Waals surface area contributed by atoms with E-state index in [9.17, 15) is 0 Å². The first-order chi connectivity index (χ1) is 11.7. The van der Waals surface area contributed by atoms with E-state index in [1.807, 2.05) is 12.1 Å². The van der Waals surface area contributed by atoms with E-state index in [1.54, 1.807) is 4.90 Å². The number of rotatable bonds is 6. The zero-order valence-electron chi connectivity index (χ0n) is 14.0. The van der Waals surface area contributed by atoms with Gasteiger partial charge in [0.05, 0.1) is 35.7 Å². The second-order valence-corrected chi connectivity index (χ2v) is 7.58. The number of piperidine rings is 1. The lowest BCUT2D eigenvalue weighted by Crippen LogP contribution is -3.15.